The summed E-state index contributed by atoms with van der Waals surface area (Å²) in [7, 11) is 0. The van der Waals surface area contributed by atoms with Crippen molar-refractivity contribution in [2.24, 2.45) is 0 Å². The number of ether oxygens (including phenoxy) is 1. The zero-order chi connectivity index (χ0) is 8.27. The van der Waals surface area contributed by atoms with E-state index < -0.39 is 0 Å². The maximum atomic E-state index is 9.89. The lowest BCUT2D eigenvalue weighted by molar-refractivity contribution is -0.121. The molecule has 0 spiro atoms. The molecule has 0 atom stereocenters. The van der Waals surface area contributed by atoms with E-state index >= 15 is 0 Å². The molecule has 1 rings (SSSR count). The summed E-state index contributed by atoms with van der Waals surface area (Å²) in [5.74, 6) is 0.276. The van der Waals surface area contributed by atoms with E-state index in [1.54, 1.807) is 6.92 Å². The van der Waals surface area contributed by atoms with E-state index in [0.717, 1.165) is 0 Å². The Morgan fingerprint density at radius 3 is 3.00 bits per heavy atom. The first-order chi connectivity index (χ1) is 5.24. The van der Waals surface area contributed by atoms with Crippen molar-refractivity contribution in [1.29, 1.82) is 0 Å². The number of hydrogen-bond donors (Lipinski definition) is 1. The second kappa shape index (κ2) is 3.01. The highest BCUT2D eigenvalue weighted by atomic mass is 16.5. The largest absolute Gasteiger partial charge is 0.506 e. The second-order valence-corrected chi connectivity index (χ2v) is 2.03. The zero-order valence-electron chi connectivity index (χ0n) is 5.94. The smallest absolute Gasteiger partial charge is 0.299 e. The van der Waals surface area contributed by atoms with Crippen molar-refractivity contribution in [1.82, 2.24) is 4.98 Å². The Bertz CT molecular complexity index is 272. The summed E-state index contributed by atoms with van der Waals surface area (Å²) in [6.45, 7) is 1.98. The Hall–Kier alpha value is -1.58. The molecule has 0 aliphatic carbocycles. The van der Waals surface area contributed by atoms with Crippen LogP contribution in [0.15, 0.2) is 12.3 Å². The molecule has 0 fully saturated rings. The number of aromatic nitrogens is 1. The lowest BCUT2D eigenvalue weighted by Crippen LogP contribution is -1.93. The molecule has 0 aliphatic rings. The molecule has 1 aromatic heterocycles. The molecule has 1 N–H and O–H groups in total. The van der Waals surface area contributed by atoms with Gasteiger partial charge in [0.05, 0.1) is 6.20 Å². The predicted octanol–water partition coefficient (Wildman–Crippen LogP) is 0.631. The number of carbonyl (C=O) groups excluding carboxylic acids is 1. The minimum atomic E-state index is 0.0562. The first kappa shape index (κ1) is 7.53. The Kier molecular flexibility index (Phi) is 2.06. The summed E-state index contributed by atoms with van der Waals surface area (Å²) in [5.41, 5.74) is 0.622. The summed E-state index contributed by atoms with van der Waals surface area (Å²) in [6.07, 6.45) is 1.21. The quantitative estimate of drug-likeness (QED) is 0.633. The molecule has 0 aromatic carbocycles. The molecular formula is C7H7NO3. The van der Waals surface area contributed by atoms with Gasteiger partial charge >= 0.3 is 0 Å². The van der Waals surface area contributed by atoms with E-state index in [2.05, 4.69) is 9.72 Å². The van der Waals surface area contributed by atoms with Crippen LogP contribution in [0.4, 0.5) is 0 Å². The number of aryl methyl sites for hydroxylation is 1. The maximum absolute atomic E-state index is 9.89. The molecule has 0 saturated carbocycles. The molecular weight excluding hydrogens is 146 g/mol. The Morgan fingerprint density at radius 1 is 1.73 bits per heavy atom. The maximum Gasteiger partial charge on any atom is 0.299 e. The van der Waals surface area contributed by atoms with E-state index in [4.69, 9.17) is 5.11 Å². The molecule has 11 heavy (non-hydrogen) atoms. The average Bonchev–Trinajstić information content (AvgIpc) is 1.95. The van der Waals surface area contributed by atoms with E-state index in [-0.39, 0.29) is 11.6 Å². The highest BCUT2D eigenvalue weighted by Crippen LogP contribution is 2.17. The van der Waals surface area contributed by atoms with Crippen LogP contribution in [-0.4, -0.2) is 16.6 Å². The first-order valence-corrected chi connectivity index (χ1v) is 3.00. The van der Waals surface area contributed by atoms with Gasteiger partial charge in [0.2, 0.25) is 5.88 Å². The topological polar surface area (TPSA) is 59.4 Å². The average molecular weight is 153 g/mol. The van der Waals surface area contributed by atoms with Crippen LogP contribution in [0.2, 0.25) is 0 Å². The predicted molar refractivity (Wildman–Crippen MR) is 37.3 cm³/mol. The van der Waals surface area contributed by atoms with Crippen LogP contribution >= 0.6 is 0 Å². The van der Waals surface area contributed by atoms with Crippen LogP contribution in [0, 0.1) is 6.92 Å². The highest BCUT2D eigenvalue weighted by Gasteiger charge is 2.00. The first-order valence-electron chi connectivity index (χ1n) is 3.00. The minimum absolute atomic E-state index is 0.0562. The van der Waals surface area contributed by atoms with Crippen molar-refractivity contribution in [3.63, 3.8) is 0 Å². The van der Waals surface area contributed by atoms with E-state index in [0.29, 0.717) is 12.0 Å². The van der Waals surface area contributed by atoms with Crippen molar-refractivity contribution in [3.05, 3.63) is 17.8 Å². The second-order valence-electron chi connectivity index (χ2n) is 2.03. The van der Waals surface area contributed by atoms with Crippen LogP contribution in [0.3, 0.4) is 0 Å². The Balaban J connectivity index is 2.98. The van der Waals surface area contributed by atoms with Gasteiger partial charge in [-0.05, 0) is 13.0 Å². The summed E-state index contributed by atoms with van der Waals surface area (Å²) in [6, 6.07) is 1.46. The zero-order valence-corrected chi connectivity index (χ0v) is 5.94. The third-order valence-electron chi connectivity index (χ3n) is 1.18. The van der Waals surface area contributed by atoms with Crippen molar-refractivity contribution in [3.8, 4) is 11.6 Å². The highest BCUT2D eigenvalue weighted by molar-refractivity contribution is 5.45. The van der Waals surface area contributed by atoms with Gasteiger partial charge in [0, 0.05) is 5.56 Å². The van der Waals surface area contributed by atoms with Crippen LogP contribution in [0.5, 0.6) is 11.6 Å². The molecule has 58 valence electrons. The number of carbonyl (C=O) groups is 1. The van der Waals surface area contributed by atoms with Gasteiger partial charge in [-0.1, -0.05) is 0 Å². The SMILES string of the molecule is Cc1cc(O)cnc1OC=O. The van der Waals surface area contributed by atoms with Crippen LogP contribution < -0.4 is 4.74 Å². The van der Waals surface area contributed by atoms with Gasteiger partial charge in [-0.2, -0.15) is 0 Å². The molecule has 1 aromatic rings. The summed E-state index contributed by atoms with van der Waals surface area (Å²) < 4.78 is 4.49. The molecule has 4 heteroatoms. The number of nitrogens with zero attached hydrogens (tertiary/aromatic N) is 1. The fraction of sp³-hybridized carbons (Fsp3) is 0.143. The van der Waals surface area contributed by atoms with Gasteiger partial charge in [0.25, 0.3) is 6.47 Å². The third kappa shape index (κ3) is 1.67. The van der Waals surface area contributed by atoms with Crippen molar-refractivity contribution < 1.29 is 14.6 Å². The van der Waals surface area contributed by atoms with Gasteiger partial charge < -0.3 is 9.84 Å². The van der Waals surface area contributed by atoms with Crippen molar-refractivity contribution in [2.75, 3.05) is 0 Å². The molecule has 0 unspecified atom stereocenters. The number of pyridine rings is 1. The lowest BCUT2D eigenvalue weighted by Gasteiger charge is -1.99. The molecule has 0 saturated heterocycles. The molecule has 0 radical (unpaired) electrons. The number of rotatable bonds is 2. The molecule has 0 bridgehead atoms. The van der Waals surface area contributed by atoms with E-state index in [9.17, 15) is 4.79 Å². The molecule has 0 aliphatic heterocycles. The number of hydrogen-bond acceptors (Lipinski definition) is 4. The monoisotopic (exact) mass is 153 g/mol. The minimum Gasteiger partial charge on any atom is -0.506 e. The van der Waals surface area contributed by atoms with Gasteiger partial charge in [-0.3, -0.25) is 4.79 Å². The van der Waals surface area contributed by atoms with Gasteiger partial charge in [0.1, 0.15) is 5.75 Å². The van der Waals surface area contributed by atoms with Gasteiger partial charge in [-0.15, -0.1) is 0 Å². The summed E-state index contributed by atoms with van der Waals surface area (Å²) in [5, 5.41) is 8.90. The lowest BCUT2D eigenvalue weighted by atomic mass is 10.3. The van der Waals surface area contributed by atoms with Gasteiger partial charge in [-0.25, -0.2) is 4.98 Å². The van der Waals surface area contributed by atoms with Crippen LogP contribution in [-0.2, 0) is 4.79 Å². The number of aromatic hydroxyl groups is 1. The summed E-state index contributed by atoms with van der Waals surface area (Å²) in [4.78, 5) is 13.6. The fourth-order valence-corrected chi connectivity index (χ4v) is 0.716. The molecule has 1 heterocycles. The van der Waals surface area contributed by atoms with E-state index in [1.165, 1.54) is 12.3 Å². The Labute approximate surface area is 63.5 Å². The van der Waals surface area contributed by atoms with E-state index in [1.807, 2.05) is 0 Å². The van der Waals surface area contributed by atoms with Crippen molar-refractivity contribution in [2.45, 2.75) is 6.92 Å². The Morgan fingerprint density at radius 2 is 2.45 bits per heavy atom. The van der Waals surface area contributed by atoms with Crippen LogP contribution in [0.1, 0.15) is 5.56 Å². The van der Waals surface area contributed by atoms with Crippen molar-refractivity contribution >= 4 is 6.47 Å². The normalized spacial score (nSPS) is 9.18. The fourth-order valence-electron chi connectivity index (χ4n) is 0.716. The summed E-state index contributed by atoms with van der Waals surface area (Å²) >= 11 is 0. The standard InChI is InChI=1S/C7H7NO3/c1-5-2-6(10)3-8-7(5)11-4-9/h2-4,10H,1H3. The van der Waals surface area contributed by atoms with Crippen LogP contribution in [0.25, 0.3) is 0 Å². The third-order valence-corrected chi connectivity index (χ3v) is 1.18. The molecule has 4 nitrogen and oxygen atoms in total. The molecule has 0 amide bonds. The van der Waals surface area contributed by atoms with Gasteiger partial charge in [0.15, 0.2) is 0 Å².